The first kappa shape index (κ1) is 10.2. The molecule has 0 saturated heterocycles. The summed E-state index contributed by atoms with van der Waals surface area (Å²) >= 11 is 0. The molecule has 62 valence electrons. The van der Waals surface area contributed by atoms with E-state index in [1.807, 2.05) is 38.3 Å². The first-order valence-corrected chi connectivity index (χ1v) is 4.04. The van der Waals surface area contributed by atoms with Crippen molar-refractivity contribution >= 4 is 6.21 Å². The Balaban J connectivity index is 4.10. The van der Waals surface area contributed by atoms with Crippen LogP contribution in [0, 0.1) is 5.92 Å². The summed E-state index contributed by atoms with van der Waals surface area (Å²) in [5, 5.41) is 0. The highest BCUT2D eigenvalue weighted by atomic mass is 14.7. The minimum Gasteiger partial charge on any atom is -0.261 e. The van der Waals surface area contributed by atoms with Crippen molar-refractivity contribution in [2.75, 3.05) is 0 Å². The van der Waals surface area contributed by atoms with Crippen LogP contribution in [0.2, 0.25) is 0 Å². The van der Waals surface area contributed by atoms with Gasteiger partial charge in [0.25, 0.3) is 0 Å². The van der Waals surface area contributed by atoms with Crippen LogP contribution in [0.1, 0.15) is 27.7 Å². The molecule has 0 unspecified atom stereocenters. The molecule has 0 aromatic carbocycles. The van der Waals surface area contributed by atoms with Gasteiger partial charge in [0.2, 0.25) is 0 Å². The van der Waals surface area contributed by atoms with Crippen molar-refractivity contribution in [1.29, 1.82) is 0 Å². The van der Waals surface area contributed by atoms with Gasteiger partial charge in [-0.05, 0) is 25.8 Å². The summed E-state index contributed by atoms with van der Waals surface area (Å²) in [4.78, 5) is 4.28. The third kappa shape index (κ3) is 4.54. The number of allylic oxidation sites excluding steroid dienone is 4. The van der Waals surface area contributed by atoms with Crippen LogP contribution in [0.3, 0.4) is 0 Å². The maximum Gasteiger partial charge on any atom is 0.0386 e. The Morgan fingerprint density at radius 1 is 1.27 bits per heavy atom. The second-order valence-corrected chi connectivity index (χ2v) is 2.67. The first-order valence-electron chi connectivity index (χ1n) is 4.04. The molecule has 0 atom stereocenters. The Morgan fingerprint density at radius 3 is 2.27 bits per heavy atom. The van der Waals surface area contributed by atoms with E-state index in [-0.39, 0.29) is 0 Å². The molecule has 0 bridgehead atoms. The van der Waals surface area contributed by atoms with Gasteiger partial charge in [-0.3, -0.25) is 4.99 Å². The highest BCUT2D eigenvalue weighted by molar-refractivity contribution is 5.71. The van der Waals surface area contributed by atoms with Crippen LogP contribution in [0.4, 0.5) is 0 Å². The predicted octanol–water partition coefficient (Wildman–Crippen LogP) is 3.19. The van der Waals surface area contributed by atoms with E-state index in [1.165, 1.54) is 0 Å². The lowest BCUT2D eigenvalue weighted by Crippen LogP contribution is -1.89. The highest BCUT2D eigenvalue weighted by Gasteiger charge is 1.96. The number of hydrogen-bond donors (Lipinski definition) is 0. The van der Waals surface area contributed by atoms with Crippen molar-refractivity contribution in [3.63, 3.8) is 0 Å². The van der Waals surface area contributed by atoms with Crippen molar-refractivity contribution in [1.82, 2.24) is 0 Å². The van der Waals surface area contributed by atoms with Crippen LogP contribution >= 0.6 is 0 Å². The molecule has 0 fully saturated rings. The molecule has 0 N–H and O–H groups in total. The molecule has 0 radical (unpaired) electrons. The summed E-state index contributed by atoms with van der Waals surface area (Å²) in [5.41, 5.74) is 1.14. The molecule has 0 heterocycles. The third-order valence-corrected chi connectivity index (χ3v) is 1.39. The summed E-state index contributed by atoms with van der Waals surface area (Å²) in [6.07, 6.45) is 7.78. The van der Waals surface area contributed by atoms with Gasteiger partial charge in [0, 0.05) is 11.9 Å². The molecule has 0 aromatic heterocycles. The van der Waals surface area contributed by atoms with Crippen LogP contribution in [0.15, 0.2) is 28.9 Å². The van der Waals surface area contributed by atoms with Crippen LogP contribution in [-0.2, 0) is 0 Å². The quantitative estimate of drug-likeness (QED) is 0.549. The Kier molecular flexibility index (Phi) is 5.44. The molecule has 0 saturated carbocycles. The number of nitrogens with zero attached hydrogens (tertiary/aromatic N) is 1. The van der Waals surface area contributed by atoms with E-state index in [0.717, 1.165) is 5.70 Å². The summed E-state index contributed by atoms with van der Waals surface area (Å²) in [7, 11) is 0. The number of rotatable bonds is 3. The maximum atomic E-state index is 4.28. The van der Waals surface area contributed by atoms with E-state index in [1.54, 1.807) is 0 Å². The molecule has 0 aromatic rings. The first-order chi connectivity index (χ1) is 5.22. The SMILES string of the molecule is C\C=C/C=N\C(=C/C)C(C)C. The van der Waals surface area contributed by atoms with Gasteiger partial charge in [-0.2, -0.15) is 0 Å². The Bertz CT molecular complexity index is 173. The highest BCUT2D eigenvalue weighted by Crippen LogP contribution is 2.09. The van der Waals surface area contributed by atoms with Gasteiger partial charge in [-0.15, -0.1) is 0 Å². The zero-order valence-corrected chi connectivity index (χ0v) is 7.83. The lowest BCUT2D eigenvalue weighted by Gasteiger charge is -2.02. The van der Waals surface area contributed by atoms with Gasteiger partial charge in [-0.25, -0.2) is 0 Å². The lowest BCUT2D eigenvalue weighted by molar-refractivity contribution is 0.757. The van der Waals surface area contributed by atoms with Crippen LogP contribution in [0.5, 0.6) is 0 Å². The van der Waals surface area contributed by atoms with E-state index in [9.17, 15) is 0 Å². The van der Waals surface area contributed by atoms with E-state index in [0.29, 0.717) is 5.92 Å². The smallest absolute Gasteiger partial charge is 0.0386 e. The molecule has 11 heavy (non-hydrogen) atoms. The van der Waals surface area contributed by atoms with E-state index >= 15 is 0 Å². The zero-order chi connectivity index (χ0) is 8.69. The fraction of sp³-hybridized carbons (Fsp3) is 0.500. The molecule has 0 amide bonds. The van der Waals surface area contributed by atoms with Gasteiger partial charge >= 0.3 is 0 Å². The fourth-order valence-corrected chi connectivity index (χ4v) is 0.772. The summed E-state index contributed by atoms with van der Waals surface area (Å²) in [6, 6.07) is 0. The van der Waals surface area contributed by atoms with Gasteiger partial charge in [-0.1, -0.05) is 26.0 Å². The zero-order valence-electron chi connectivity index (χ0n) is 7.83. The van der Waals surface area contributed by atoms with Gasteiger partial charge in [0.1, 0.15) is 0 Å². The van der Waals surface area contributed by atoms with E-state index < -0.39 is 0 Å². The van der Waals surface area contributed by atoms with Crippen LogP contribution < -0.4 is 0 Å². The molecule has 1 nitrogen and oxygen atoms in total. The minimum absolute atomic E-state index is 0.515. The Morgan fingerprint density at radius 2 is 1.91 bits per heavy atom. The third-order valence-electron chi connectivity index (χ3n) is 1.39. The second-order valence-electron chi connectivity index (χ2n) is 2.67. The lowest BCUT2D eigenvalue weighted by atomic mass is 10.1. The topological polar surface area (TPSA) is 12.4 Å². The van der Waals surface area contributed by atoms with Gasteiger partial charge in [0.15, 0.2) is 0 Å². The normalized spacial score (nSPS) is 14.1. The van der Waals surface area contributed by atoms with Gasteiger partial charge < -0.3 is 0 Å². The van der Waals surface area contributed by atoms with Crippen molar-refractivity contribution in [3.8, 4) is 0 Å². The predicted molar refractivity (Wildman–Crippen MR) is 51.9 cm³/mol. The number of aliphatic imine (C=N–C) groups is 1. The molecule has 0 rings (SSSR count). The Hall–Kier alpha value is -0.850. The molecule has 0 spiro atoms. The average Bonchev–Trinajstić information content (AvgIpc) is 1.97. The molecule has 0 aliphatic carbocycles. The van der Waals surface area contributed by atoms with Crippen molar-refractivity contribution < 1.29 is 0 Å². The monoisotopic (exact) mass is 151 g/mol. The fourth-order valence-electron chi connectivity index (χ4n) is 0.772. The van der Waals surface area contributed by atoms with Crippen LogP contribution in [-0.4, -0.2) is 6.21 Å². The molecular weight excluding hydrogens is 134 g/mol. The average molecular weight is 151 g/mol. The molecule has 0 aliphatic rings. The maximum absolute atomic E-state index is 4.28. The summed E-state index contributed by atoms with van der Waals surface area (Å²) in [5.74, 6) is 0.515. The van der Waals surface area contributed by atoms with Crippen molar-refractivity contribution in [2.24, 2.45) is 10.9 Å². The number of hydrogen-bond acceptors (Lipinski definition) is 1. The molecule has 0 aliphatic heterocycles. The van der Waals surface area contributed by atoms with Crippen molar-refractivity contribution in [2.45, 2.75) is 27.7 Å². The van der Waals surface area contributed by atoms with Crippen molar-refractivity contribution in [3.05, 3.63) is 23.9 Å². The standard InChI is InChI=1S/C10H17N/c1-5-7-8-11-10(6-2)9(3)4/h5-9H,1-4H3/b7-5-,10-6-,11-8-. The second kappa shape index (κ2) is 5.90. The van der Waals surface area contributed by atoms with E-state index in [4.69, 9.17) is 0 Å². The Labute approximate surface area is 69.5 Å². The molecule has 1 heteroatoms. The minimum atomic E-state index is 0.515. The molecular formula is C10H17N. The van der Waals surface area contributed by atoms with Gasteiger partial charge in [0.05, 0.1) is 0 Å². The largest absolute Gasteiger partial charge is 0.261 e. The summed E-state index contributed by atoms with van der Waals surface area (Å²) in [6.45, 7) is 8.28. The van der Waals surface area contributed by atoms with E-state index in [2.05, 4.69) is 18.8 Å². The van der Waals surface area contributed by atoms with Crippen LogP contribution in [0.25, 0.3) is 0 Å². The summed E-state index contributed by atoms with van der Waals surface area (Å²) < 4.78 is 0.